The lowest BCUT2D eigenvalue weighted by Crippen LogP contribution is -2.01. The zero-order chi connectivity index (χ0) is 12.7. The van der Waals surface area contributed by atoms with E-state index in [-0.39, 0.29) is 5.75 Å². The third-order valence-electron chi connectivity index (χ3n) is 2.76. The highest BCUT2D eigenvalue weighted by molar-refractivity contribution is 6.31. The molecule has 0 aliphatic rings. The summed E-state index contributed by atoms with van der Waals surface area (Å²) in [6.07, 6.45) is 0. The molecule has 1 aromatic heterocycles. The Morgan fingerprint density at radius 3 is 2.56 bits per heavy atom. The largest absolute Gasteiger partial charge is 0.508 e. The number of aromatic nitrogens is 2. The van der Waals surface area contributed by atoms with Crippen molar-refractivity contribution in [2.75, 3.05) is 5.73 Å². The van der Waals surface area contributed by atoms with Gasteiger partial charge in [0, 0.05) is 10.4 Å². The fourth-order valence-corrected chi connectivity index (χ4v) is 2.04. The average Bonchev–Trinajstić information content (AvgIpc) is 2.68. The maximum absolute atomic E-state index is 9.27. The van der Waals surface area contributed by atoms with E-state index >= 15 is 0 Å². The molecule has 3 aromatic rings. The smallest absolute Gasteiger partial charge is 0.135 e. The highest BCUT2D eigenvalue weighted by atomic mass is 35.5. The van der Waals surface area contributed by atoms with E-state index in [2.05, 4.69) is 5.10 Å². The predicted octanol–water partition coefficient (Wildman–Crippen LogP) is 2.97. The van der Waals surface area contributed by atoms with Crippen LogP contribution in [0.15, 0.2) is 42.5 Å². The summed E-state index contributed by atoms with van der Waals surface area (Å²) in [4.78, 5) is 0. The van der Waals surface area contributed by atoms with Gasteiger partial charge in [-0.15, -0.1) is 0 Å². The lowest BCUT2D eigenvalue weighted by atomic mass is 10.2. The van der Waals surface area contributed by atoms with Crippen molar-refractivity contribution in [3.8, 4) is 11.4 Å². The van der Waals surface area contributed by atoms with Gasteiger partial charge in [0.15, 0.2) is 0 Å². The van der Waals surface area contributed by atoms with E-state index in [1.54, 1.807) is 41.1 Å². The highest BCUT2D eigenvalue weighted by Gasteiger charge is 2.09. The zero-order valence-electron chi connectivity index (χ0n) is 9.34. The first-order valence-corrected chi connectivity index (χ1v) is 5.76. The Morgan fingerprint density at radius 2 is 1.83 bits per heavy atom. The molecule has 0 fully saturated rings. The molecule has 0 saturated carbocycles. The number of benzene rings is 2. The van der Waals surface area contributed by atoms with Gasteiger partial charge in [-0.05, 0) is 42.5 Å². The van der Waals surface area contributed by atoms with Crippen LogP contribution in [0.5, 0.6) is 5.75 Å². The van der Waals surface area contributed by atoms with Crippen LogP contribution in [-0.4, -0.2) is 14.9 Å². The van der Waals surface area contributed by atoms with Gasteiger partial charge in [-0.25, -0.2) is 4.68 Å². The minimum atomic E-state index is 0.206. The molecule has 0 radical (unpaired) electrons. The van der Waals surface area contributed by atoms with Crippen LogP contribution in [0.1, 0.15) is 0 Å². The number of anilines is 1. The Kier molecular flexibility index (Phi) is 2.38. The first-order valence-electron chi connectivity index (χ1n) is 5.38. The van der Waals surface area contributed by atoms with E-state index in [1.807, 2.05) is 6.07 Å². The van der Waals surface area contributed by atoms with Gasteiger partial charge in [-0.1, -0.05) is 11.6 Å². The summed E-state index contributed by atoms with van der Waals surface area (Å²) >= 11 is 5.94. The van der Waals surface area contributed by atoms with Gasteiger partial charge >= 0.3 is 0 Å². The maximum atomic E-state index is 9.27. The normalized spacial score (nSPS) is 10.9. The van der Waals surface area contributed by atoms with Crippen molar-refractivity contribution in [3.63, 3.8) is 0 Å². The van der Waals surface area contributed by atoms with Crippen LogP contribution in [0.4, 0.5) is 5.82 Å². The van der Waals surface area contributed by atoms with Gasteiger partial charge in [0.05, 0.1) is 11.2 Å². The van der Waals surface area contributed by atoms with Crippen LogP contribution >= 0.6 is 11.6 Å². The molecule has 0 spiro atoms. The molecule has 3 N–H and O–H groups in total. The monoisotopic (exact) mass is 259 g/mol. The van der Waals surface area contributed by atoms with Crippen molar-refractivity contribution in [2.24, 2.45) is 0 Å². The molecule has 0 saturated heterocycles. The molecule has 1 heterocycles. The van der Waals surface area contributed by atoms with Crippen LogP contribution < -0.4 is 5.73 Å². The number of nitrogens with zero attached hydrogens (tertiary/aromatic N) is 2. The Hall–Kier alpha value is -2.20. The van der Waals surface area contributed by atoms with Crippen molar-refractivity contribution in [2.45, 2.75) is 0 Å². The molecule has 5 heteroatoms. The van der Waals surface area contributed by atoms with Crippen molar-refractivity contribution in [3.05, 3.63) is 47.5 Å². The van der Waals surface area contributed by atoms with Gasteiger partial charge in [-0.2, -0.15) is 5.10 Å². The summed E-state index contributed by atoms with van der Waals surface area (Å²) in [7, 11) is 0. The van der Waals surface area contributed by atoms with E-state index in [9.17, 15) is 5.11 Å². The zero-order valence-corrected chi connectivity index (χ0v) is 10.1. The SMILES string of the molecule is Nc1c2cc(Cl)ccc2nn1-c1ccc(O)cc1. The average molecular weight is 260 g/mol. The van der Waals surface area contributed by atoms with Crippen LogP contribution in [0, 0.1) is 0 Å². The summed E-state index contributed by atoms with van der Waals surface area (Å²) in [6, 6.07) is 12.1. The van der Waals surface area contributed by atoms with Gasteiger partial charge in [0.1, 0.15) is 11.6 Å². The summed E-state index contributed by atoms with van der Waals surface area (Å²) < 4.78 is 1.63. The second-order valence-corrected chi connectivity index (χ2v) is 4.41. The Labute approximate surface area is 108 Å². The Balaban J connectivity index is 2.23. The fraction of sp³-hybridized carbons (Fsp3) is 0. The Bertz CT molecular complexity index is 719. The first kappa shape index (κ1) is 10.9. The summed E-state index contributed by atoms with van der Waals surface area (Å²) in [5.74, 6) is 0.732. The molecule has 3 rings (SSSR count). The number of hydrogen-bond donors (Lipinski definition) is 2. The third-order valence-corrected chi connectivity index (χ3v) is 3.00. The van der Waals surface area contributed by atoms with Crippen molar-refractivity contribution >= 4 is 28.3 Å². The van der Waals surface area contributed by atoms with Crippen molar-refractivity contribution < 1.29 is 5.11 Å². The molecule has 0 aliphatic heterocycles. The maximum Gasteiger partial charge on any atom is 0.135 e. The molecule has 2 aromatic carbocycles. The number of aromatic hydroxyl groups is 1. The second kappa shape index (κ2) is 3.92. The number of hydrogen-bond acceptors (Lipinski definition) is 3. The molecule has 0 atom stereocenters. The van der Waals surface area contributed by atoms with E-state index in [1.165, 1.54) is 0 Å². The highest BCUT2D eigenvalue weighted by Crippen LogP contribution is 2.27. The van der Waals surface area contributed by atoms with E-state index < -0.39 is 0 Å². The predicted molar refractivity (Wildman–Crippen MR) is 72.2 cm³/mol. The second-order valence-electron chi connectivity index (χ2n) is 3.97. The van der Waals surface area contributed by atoms with Crippen LogP contribution in [0.25, 0.3) is 16.6 Å². The number of phenolic OH excluding ortho intramolecular Hbond substituents is 1. The van der Waals surface area contributed by atoms with Crippen molar-refractivity contribution in [1.82, 2.24) is 9.78 Å². The number of phenols is 1. The lowest BCUT2D eigenvalue weighted by molar-refractivity contribution is 0.475. The number of nitrogens with two attached hydrogens (primary N) is 1. The number of halogens is 1. The number of fused-ring (bicyclic) bond motifs is 1. The topological polar surface area (TPSA) is 64.1 Å². The molecule has 0 bridgehead atoms. The number of rotatable bonds is 1. The van der Waals surface area contributed by atoms with Crippen LogP contribution in [0.2, 0.25) is 5.02 Å². The van der Waals surface area contributed by atoms with Gasteiger partial charge in [0.2, 0.25) is 0 Å². The first-order chi connectivity index (χ1) is 8.65. The van der Waals surface area contributed by atoms with Crippen molar-refractivity contribution in [1.29, 1.82) is 0 Å². The van der Waals surface area contributed by atoms with Gasteiger partial charge < -0.3 is 10.8 Å². The quantitative estimate of drug-likeness (QED) is 0.706. The minimum Gasteiger partial charge on any atom is -0.508 e. The molecular weight excluding hydrogens is 250 g/mol. The lowest BCUT2D eigenvalue weighted by Gasteiger charge is -2.03. The molecule has 0 aliphatic carbocycles. The van der Waals surface area contributed by atoms with E-state index in [4.69, 9.17) is 17.3 Å². The summed E-state index contributed by atoms with van der Waals surface area (Å²) in [5, 5.41) is 15.1. The van der Waals surface area contributed by atoms with E-state index in [0.717, 1.165) is 16.6 Å². The summed E-state index contributed by atoms with van der Waals surface area (Å²) in [5.41, 5.74) is 7.63. The molecular formula is C13H10ClN3O. The van der Waals surface area contributed by atoms with Crippen LogP contribution in [-0.2, 0) is 0 Å². The fourth-order valence-electron chi connectivity index (χ4n) is 1.87. The van der Waals surface area contributed by atoms with Crippen LogP contribution in [0.3, 0.4) is 0 Å². The molecule has 18 heavy (non-hydrogen) atoms. The molecule has 4 nitrogen and oxygen atoms in total. The third kappa shape index (κ3) is 1.67. The molecule has 90 valence electrons. The summed E-state index contributed by atoms with van der Waals surface area (Å²) in [6.45, 7) is 0. The van der Waals surface area contributed by atoms with Gasteiger partial charge in [0.25, 0.3) is 0 Å². The standard InChI is InChI=1S/C13H10ClN3O/c14-8-1-6-12-11(7-8)13(15)17(16-12)9-2-4-10(18)5-3-9/h1-7,18H,15H2. The molecule has 0 amide bonds. The van der Waals surface area contributed by atoms with E-state index in [0.29, 0.717) is 10.8 Å². The minimum absolute atomic E-state index is 0.206. The number of nitrogen functional groups attached to an aromatic ring is 1. The van der Waals surface area contributed by atoms with Gasteiger partial charge in [-0.3, -0.25) is 0 Å². The molecule has 0 unspecified atom stereocenters. The Morgan fingerprint density at radius 1 is 1.11 bits per heavy atom.